The molecule has 0 amide bonds. The van der Waals surface area contributed by atoms with Crippen molar-refractivity contribution in [2.75, 3.05) is 13.2 Å². The van der Waals surface area contributed by atoms with Crippen LogP contribution < -0.4 is 10.1 Å². The zero-order valence-electron chi connectivity index (χ0n) is 12.1. The molecule has 3 nitrogen and oxygen atoms in total. The van der Waals surface area contributed by atoms with Gasteiger partial charge in [-0.15, -0.1) is 0 Å². The Bertz CT molecular complexity index is 538. The van der Waals surface area contributed by atoms with Gasteiger partial charge in [0.25, 0.3) is 0 Å². The van der Waals surface area contributed by atoms with Gasteiger partial charge in [-0.3, -0.25) is 0 Å². The van der Waals surface area contributed by atoms with Crippen LogP contribution in [0.5, 0.6) is 5.75 Å². The first-order valence-electron chi connectivity index (χ1n) is 7.85. The van der Waals surface area contributed by atoms with Crippen molar-refractivity contribution in [3.63, 3.8) is 0 Å². The summed E-state index contributed by atoms with van der Waals surface area (Å²) < 4.78 is 5.80. The summed E-state index contributed by atoms with van der Waals surface area (Å²) in [6, 6.07) is 6.75. The number of benzene rings is 1. The molecule has 3 aliphatic rings. The van der Waals surface area contributed by atoms with Crippen LogP contribution in [0.3, 0.4) is 0 Å². The fraction of sp³-hybridized carbons (Fsp3) is 0.647. The number of hydrogen-bond donors (Lipinski definition) is 2. The van der Waals surface area contributed by atoms with Crippen LogP contribution in [0.15, 0.2) is 18.2 Å². The molecule has 0 bridgehead atoms. The van der Waals surface area contributed by atoms with Crippen LogP contribution in [0.25, 0.3) is 0 Å². The van der Waals surface area contributed by atoms with E-state index < -0.39 is 5.60 Å². The zero-order chi connectivity index (χ0) is 13.8. The lowest BCUT2D eigenvalue weighted by molar-refractivity contribution is -0.00664. The van der Waals surface area contributed by atoms with Crippen molar-refractivity contribution < 1.29 is 9.84 Å². The number of piperidine rings is 1. The molecule has 1 aromatic rings. The van der Waals surface area contributed by atoms with Crippen molar-refractivity contribution in [1.29, 1.82) is 0 Å². The van der Waals surface area contributed by atoms with Gasteiger partial charge in [-0.2, -0.15) is 0 Å². The number of hydrogen-bond acceptors (Lipinski definition) is 3. The van der Waals surface area contributed by atoms with Crippen LogP contribution in [-0.4, -0.2) is 24.3 Å². The van der Waals surface area contributed by atoms with E-state index in [0.29, 0.717) is 11.5 Å². The second-order valence-electron chi connectivity index (χ2n) is 6.93. The van der Waals surface area contributed by atoms with Crippen LogP contribution in [0.1, 0.15) is 50.2 Å². The molecule has 2 atom stereocenters. The fourth-order valence-corrected chi connectivity index (χ4v) is 3.99. The SMILES string of the molecule is C[C@H]1C[C@@](O)(c2ccc3c(c2)C2(CCO3)CC2)CCN1. The van der Waals surface area contributed by atoms with E-state index in [1.54, 1.807) is 0 Å². The normalized spacial score (nSPS) is 34.4. The number of aliphatic hydroxyl groups is 1. The number of fused-ring (bicyclic) bond motifs is 2. The quantitative estimate of drug-likeness (QED) is 0.826. The first-order valence-corrected chi connectivity index (χ1v) is 7.85. The number of rotatable bonds is 1. The Balaban J connectivity index is 1.73. The lowest BCUT2D eigenvalue weighted by Gasteiger charge is -2.37. The first kappa shape index (κ1) is 12.7. The van der Waals surface area contributed by atoms with E-state index in [1.807, 2.05) is 0 Å². The lowest BCUT2D eigenvalue weighted by Crippen LogP contribution is -2.45. The van der Waals surface area contributed by atoms with Gasteiger partial charge >= 0.3 is 0 Å². The smallest absolute Gasteiger partial charge is 0.123 e. The number of nitrogens with one attached hydrogen (secondary N) is 1. The summed E-state index contributed by atoms with van der Waals surface area (Å²) in [5.74, 6) is 1.04. The van der Waals surface area contributed by atoms with Crippen molar-refractivity contribution in [3.05, 3.63) is 29.3 Å². The van der Waals surface area contributed by atoms with E-state index in [2.05, 4.69) is 30.4 Å². The molecule has 0 aromatic heterocycles. The summed E-state index contributed by atoms with van der Waals surface area (Å²) in [4.78, 5) is 0. The van der Waals surface area contributed by atoms with Crippen molar-refractivity contribution in [2.24, 2.45) is 0 Å². The minimum absolute atomic E-state index is 0.371. The Morgan fingerprint density at radius 1 is 1.25 bits per heavy atom. The molecule has 108 valence electrons. The van der Waals surface area contributed by atoms with Gasteiger partial charge < -0.3 is 15.2 Å². The van der Waals surface area contributed by atoms with Crippen molar-refractivity contribution >= 4 is 0 Å². The molecule has 1 aromatic carbocycles. The first-order chi connectivity index (χ1) is 9.61. The van der Waals surface area contributed by atoms with Gasteiger partial charge in [0.2, 0.25) is 0 Å². The van der Waals surface area contributed by atoms with E-state index in [9.17, 15) is 5.11 Å². The largest absolute Gasteiger partial charge is 0.493 e. The molecule has 4 rings (SSSR count). The molecule has 2 N–H and O–H groups in total. The summed E-state index contributed by atoms with van der Waals surface area (Å²) in [7, 11) is 0. The van der Waals surface area contributed by atoms with E-state index in [4.69, 9.17) is 4.74 Å². The highest BCUT2D eigenvalue weighted by Gasteiger charge is 2.48. The summed E-state index contributed by atoms with van der Waals surface area (Å²) in [6.45, 7) is 3.88. The van der Waals surface area contributed by atoms with Crippen LogP contribution in [-0.2, 0) is 11.0 Å². The second-order valence-corrected chi connectivity index (χ2v) is 6.93. The zero-order valence-corrected chi connectivity index (χ0v) is 12.1. The van der Waals surface area contributed by atoms with Crippen LogP contribution in [0.2, 0.25) is 0 Å². The third kappa shape index (κ3) is 1.87. The van der Waals surface area contributed by atoms with E-state index in [0.717, 1.165) is 43.7 Å². The summed E-state index contributed by atoms with van der Waals surface area (Å²) in [5, 5.41) is 14.4. The summed E-state index contributed by atoms with van der Waals surface area (Å²) >= 11 is 0. The molecule has 2 fully saturated rings. The van der Waals surface area contributed by atoms with Gasteiger partial charge in [0.1, 0.15) is 5.75 Å². The highest BCUT2D eigenvalue weighted by molar-refractivity contribution is 5.48. The maximum atomic E-state index is 11.0. The molecule has 1 spiro atoms. The molecule has 2 aliphatic heterocycles. The molecule has 0 unspecified atom stereocenters. The van der Waals surface area contributed by atoms with Crippen LogP contribution in [0, 0.1) is 0 Å². The Hall–Kier alpha value is -1.06. The highest BCUT2D eigenvalue weighted by Crippen LogP contribution is 2.56. The molecule has 1 saturated carbocycles. The molecular weight excluding hydrogens is 250 g/mol. The molecule has 0 radical (unpaired) electrons. The van der Waals surface area contributed by atoms with Crippen LogP contribution in [0.4, 0.5) is 0 Å². The van der Waals surface area contributed by atoms with Gasteiger partial charge in [-0.05, 0) is 63.3 Å². The topological polar surface area (TPSA) is 41.5 Å². The molecule has 2 heterocycles. The molecule has 1 aliphatic carbocycles. The predicted octanol–water partition coefficient (Wildman–Crippen LogP) is 2.46. The van der Waals surface area contributed by atoms with Gasteiger partial charge in [0.15, 0.2) is 0 Å². The average molecular weight is 273 g/mol. The van der Waals surface area contributed by atoms with Crippen molar-refractivity contribution in [2.45, 2.75) is 56.1 Å². The Morgan fingerprint density at radius 2 is 2.10 bits per heavy atom. The van der Waals surface area contributed by atoms with Gasteiger partial charge in [-0.1, -0.05) is 6.07 Å². The third-order valence-electron chi connectivity index (χ3n) is 5.46. The Labute approximate surface area is 120 Å². The third-order valence-corrected chi connectivity index (χ3v) is 5.46. The molecule has 3 heteroatoms. The predicted molar refractivity (Wildman–Crippen MR) is 78.1 cm³/mol. The number of ether oxygens (including phenoxy) is 1. The highest BCUT2D eigenvalue weighted by atomic mass is 16.5. The van der Waals surface area contributed by atoms with E-state index in [1.165, 1.54) is 18.4 Å². The Morgan fingerprint density at radius 3 is 2.85 bits per heavy atom. The maximum Gasteiger partial charge on any atom is 0.123 e. The summed E-state index contributed by atoms with van der Waals surface area (Å²) in [6.07, 6.45) is 5.29. The Kier molecular flexibility index (Phi) is 2.67. The van der Waals surface area contributed by atoms with Gasteiger partial charge in [-0.25, -0.2) is 0 Å². The van der Waals surface area contributed by atoms with E-state index in [-0.39, 0.29) is 0 Å². The molecule has 20 heavy (non-hydrogen) atoms. The molecule has 1 saturated heterocycles. The lowest BCUT2D eigenvalue weighted by atomic mass is 9.79. The standard InChI is InChI=1S/C17H23NO2/c1-12-11-17(19,6-8-18-12)13-2-3-15-14(10-13)16(4-5-16)7-9-20-15/h2-3,10,12,18-19H,4-9,11H2,1H3/t12-,17+/m0/s1. The van der Waals surface area contributed by atoms with Gasteiger partial charge in [0.05, 0.1) is 12.2 Å². The molecular formula is C17H23NO2. The van der Waals surface area contributed by atoms with E-state index >= 15 is 0 Å². The fourth-order valence-electron chi connectivity index (χ4n) is 3.99. The van der Waals surface area contributed by atoms with Gasteiger partial charge in [0, 0.05) is 17.0 Å². The average Bonchev–Trinajstić information content (AvgIpc) is 3.19. The minimum atomic E-state index is -0.673. The van der Waals surface area contributed by atoms with Crippen molar-refractivity contribution in [3.8, 4) is 5.75 Å². The maximum absolute atomic E-state index is 11.0. The van der Waals surface area contributed by atoms with Crippen LogP contribution >= 0.6 is 0 Å². The second kappa shape index (κ2) is 4.22. The monoisotopic (exact) mass is 273 g/mol. The summed E-state index contributed by atoms with van der Waals surface area (Å²) in [5.41, 5.74) is 2.13. The minimum Gasteiger partial charge on any atom is -0.493 e. The van der Waals surface area contributed by atoms with Crippen molar-refractivity contribution in [1.82, 2.24) is 5.32 Å².